The molecule has 1 amide bonds. The van der Waals surface area contributed by atoms with E-state index >= 15 is 0 Å². The molecule has 0 spiro atoms. The Hall–Kier alpha value is -4.36. The van der Waals surface area contributed by atoms with Crippen LogP contribution in [0.5, 0.6) is 17.2 Å². The third kappa shape index (κ3) is 4.07. The van der Waals surface area contributed by atoms with Gasteiger partial charge in [0.1, 0.15) is 22.8 Å². The van der Waals surface area contributed by atoms with Crippen LogP contribution < -0.4 is 19.8 Å². The SMILES string of the molecule is COc1cccc(N2C(=O)c3oc4ccc(Br)cc4c(=O)c3C2c2cccc(Oc3ccccc3)c2)c1. The Kier molecular flexibility index (Phi) is 5.77. The fourth-order valence-electron chi connectivity index (χ4n) is 4.66. The van der Waals surface area contributed by atoms with Gasteiger partial charge in [-0.1, -0.05) is 52.3 Å². The zero-order valence-electron chi connectivity index (χ0n) is 19.7. The van der Waals surface area contributed by atoms with Crippen molar-refractivity contribution in [3.05, 3.63) is 129 Å². The summed E-state index contributed by atoms with van der Waals surface area (Å²) in [6.07, 6.45) is 0. The Morgan fingerprint density at radius 3 is 2.38 bits per heavy atom. The number of halogens is 1. The van der Waals surface area contributed by atoms with Crippen molar-refractivity contribution < 1.29 is 18.7 Å². The minimum Gasteiger partial charge on any atom is -0.497 e. The van der Waals surface area contributed by atoms with Gasteiger partial charge in [-0.05, 0) is 60.2 Å². The number of carbonyl (C=O) groups is 1. The first-order valence-electron chi connectivity index (χ1n) is 11.6. The van der Waals surface area contributed by atoms with Crippen LogP contribution in [0.1, 0.15) is 27.7 Å². The molecule has 1 unspecified atom stereocenters. The number of benzene rings is 4. The Labute approximate surface area is 220 Å². The quantitative estimate of drug-likeness (QED) is 0.232. The van der Waals surface area contributed by atoms with Gasteiger partial charge in [-0.3, -0.25) is 14.5 Å². The molecule has 6 rings (SSSR count). The second kappa shape index (κ2) is 9.26. The minimum atomic E-state index is -0.728. The van der Waals surface area contributed by atoms with Crippen LogP contribution >= 0.6 is 15.9 Å². The van der Waals surface area contributed by atoms with Crippen molar-refractivity contribution in [3.63, 3.8) is 0 Å². The molecule has 0 bridgehead atoms. The number of hydrogen-bond acceptors (Lipinski definition) is 5. The van der Waals surface area contributed by atoms with E-state index in [1.54, 1.807) is 48.4 Å². The van der Waals surface area contributed by atoms with Crippen LogP contribution in [0.15, 0.2) is 111 Å². The largest absolute Gasteiger partial charge is 0.497 e. The molecule has 6 nitrogen and oxygen atoms in total. The highest BCUT2D eigenvalue weighted by Gasteiger charge is 2.44. The lowest BCUT2D eigenvalue weighted by Crippen LogP contribution is -2.29. The minimum absolute atomic E-state index is 0.0297. The molecule has 0 fully saturated rings. The van der Waals surface area contributed by atoms with Gasteiger partial charge in [-0.2, -0.15) is 0 Å². The highest BCUT2D eigenvalue weighted by Crippen LogP contribution is 2.43. The van der Waals surface area contributed by atoms with Crippen LogP contribution in [0.25, 0.3) is 11.0 Å². The Morgan fingerprint density at radius 1 is 0.811 bits per heavy atom. The number of nitrogens with zero attached hydrogens (tertiary/aromatic N) is 1. The van der Waals surface area contributed by atoms with Gasteiger partial charge >= 0.3 is 0 Å². The second-order valence-electron chi connectivity index (χ2n) is 8.58. The van der Waals surface area contributed by atoms with Crippen molar-refractivity contribution in [2.75, 3.05) is 12.0 Å². The number of rotatable bonds is 5. The van der Waals surface area contributed by atoms with Crippen LogP contribution in [0.2, 0.25) is 0 Å². The molecule has 0 radical (unpaired) electrons. The molecule has 1 aliphatic rings. The normalized spacial score (nSPS) is 14.6. The molecule has 7 heteroatoms. The lowest BCUT2D eigenvalue weighted by atomic mass is 9.98. The number of fused-ring (bicyclic) bond motifs is 2. The summed E-state index contributed by atoms with van der Waals surface area (Å²) in [5.41, 5.74) is 1.68. The summed E-state index contributed by atoms with van der Waals surface area (Å²) < 4.78 is 18.3. The van der Waals surface area contributed by atoms with E-state index in [1.165, 1.54) is 0 Å². The molecule has 0 N–H and O–H groups in total. The highest BCUT2D eigenvalue weighted by molar-refractivity contribution is 9.10. The fraction of sp³-hybridized carbons (Fsp3) is 0.0667. The van der Waals surface area contributed by atoms with E-state index in [-0.39, 0.29) is 16.8 Å². The smallest absolute Gasteiger partial charge is 0.295 e. The van der Waals surface area contributed by atoms with Gasteiger partial charge < -0.3 is 13.9 Å². The monoisotopic (exact) mass is 553 g/mol. The van der Waals surface area contributed by atoms with E-state index in [4.69, 9.17) is 13.9 Å². The summed E-state index contributed by atoms with van der Waals surface area (Å²) in [5, 5.41) is 0.398. The summed E-state index contributed by atoms with van der Waals surface area (Å²) in [5.74, 6) is 1.49. The van der Waals surface area contributed by atoms with E-state index in [0.29, 0.717) is 39.5 Å². The molecule has 37 heavy (non-hydrogen) atoms. The van der Waals surface area contributed by atoms with Crippen molar-refractivity contribution in [2.24, 2.45) is 0 Å². The van der Waals surface area contributed by atoms with Gasteiger partial charge in [-0.15, -0.1) is 0 Å². The van der Waals surface area contributed by atoms with E-state index in [1.807, 2.05) is 60.7 Å². The van der Waals surface area contributed by atoms with Gasteiger partial charge in [0.25, 0.3) is 5.91 Å². The predicted octanol–water partition coefficient (Wildman–Crippen LogP) is 7.11. The molecule has 0 saturated heterocycles. The maximum atomic E-state index is 13.9. The van der Waals surface area contributed by atoms with E-state index < -0.39 is 11.9 Å². The molecule has 2 heterocycles. The lowest BCUT2D eigenvalue weighted by molar-refractivity contribution is 0.0971. The Morgan fingerprint density at radius 2 is 1.57 bits per heavy atom. The first-order chi connectivity index (χ1) is 18.0. The average Bonchev–Trinajstić information content (AvgIpc) is 3.22. The number of carbonyl (C=O) groups excluding carboxylic acids is 1. The molecular weight excluding hydrogens is 534 g/mol. The Balaban J connectivity index is 1.56. The van der Waals surface area contributed by atoms with Gasteiger partial charge in [-0.25, -0.2) is 0 Å². The fourth-order valence-corrected chi connectivity index (χ4v) is 5.02. The molecule has 4 aromatic carbocycles. The van der Waals surface area contributed by atoms with E-state index in [0.717, 1.165) is 4.47 Å². The first kappa shape index (κ1) is 23.1. The maximum absolute atomic E-state index is 13.9. The van der Waals surface area contributed by atoms with Crippen LogP contribution in [0.3, 0.4) is 0 Å². The zero-order chi connectivity index (χ0) is 25.5. The molecule has 5 aromatic rings. The van der Waals surface area contributed by atoms with E-state index in [9.17, 15) is 9.59 Å². The standard InChI is InChI=1S/C30H20BrNO5/c1-35-22-11-6-8-20(17-22)32-27(18-7-5-12-23(15-18)36-21-9-3-2-4-10-21)26-28(33)24-16-19(31)13-14-25(24)37-29(26)30(32)34/h2-17,27H,1H3. The predicted molar refractivity (Wildman–Crippen MR) is 145 cm³/mol. The zero-order valence-corrected chi connectivity index (χ0v) is 21.3. The topological polar surface area (TPSA) is 69.0 Å². The number of anilines is 1. The van der Waals surface area contributed by atoms with E-state index in [2.05, 4.69) is 15.9 Å². The molecular formula is C30H20BrNO5. The molecule has 0 aliphatic carbocycles. The van der Waals surface area contributed by atoms with Crippen LogP contribution in [0.4, 0.5) is 5.69 Å². The summed E-state index contributed by atoms with van der Waals surface area (Å²) in [7, 11) is 1.57. The van der Waals surface area contributed by atoms with Crippen molar-refractivity contribution in [3.8, 4) is 17.2 Å². The molecule has 182 valence electrons. The molecule has 0 saturated carbocycles. The maximum Gasteiger partial charge on any atom is 0.295 e. The third-order valence-electron chi connectivity index (χ3n) is 6.32. The van der Waals surface area contributed by atoms with Crippen LogP contribution in [-0.2, 0) is 0 Å². The number of ether oxygens (including phenoxy) is 2. The highest BCUT2D eigenvalue weighted by atomic mass is 79.9. The van der Waals surface area contributed by atoms with Crippen molar-refractivity contribution in [1.29, 1.82) is 0 Å². The Bertz CT molecular complexity index is 1710. The molecule has 1 aliphatic heterocycles. The number of para-hydroxylation sites is 1. The van der Waals surface area contributed by atoms with Crippen LogP contribution in [0, 0.1) is 0 Å². The van der Waals surface area contributed by atoms with Gasteiger partial charge in [0.05, 0.1) is 24.1 Å². The summed E-state index contributed by atoms with van der Waals surface area (Å²) in [4.78, 5) is 29.3. The van der Waals surface area contributed by atoms with Crippen molar-refractivity contribution in [1.82, 2.24) is 0 Å². The third-order valence-corrected chi connectivity index (χ3v) is 6.81. The van der Waals surface area contributed by atoms with Crippen molar-refractivity contribution >= 4 is 38.5 Å². The second-order valence-corrected chi connectivity index (χ2v) is 9.50. The molecule has 1 atom stereocenters. The van der Waals surface area contributed by atoms with Gasteiger partial charge in [0, 0.05) is 16.2 Å². The molecule has 1 aromatic heterocycles. The van der Waals surface area contributed by atoms with Gasteiger partial charge in [0.2, 0.25) is 5.76 Å². The van der Waals surface area contributed by atoms with Gasteiger partial charge in [0.15, 0.2) is 5.43 Å². The summed E-state index contributed by atoms with van der Waals surface area (Å²) >= 11 is 3.44. The summed E-state index contributed by atoms with van der Waals surface area (Å²) in [6, 6.07) is 28.5. The number of hydrogen-bond donors (Lipinski definition) is 0. The van der Waals surface area contributed by atoms with Crippen LogP contribution in [-0.4, -0.2) is 13.0 Å². The lowest BCUT2D eigenvalue weighted by Gasteiger charge is -2.26. The first-order valence-corrected chi connectivity index (χ1v) is 12.4. The number of amides is 1. The summed E-state index contributed by atoms with van der Waals surface area (Å²) in [6.45, 7) is 0. The number of methoxy groups -OCH3 is 1. The van der Waals surface area contributed by atoms with Crippen molar-refractivity contribution in [2.45, 2.75) is 6.04 Å². The average molecular weight is 554 g/mol.